The molecule has 48 heavy (non-hydrogen) atoms. The number of nitrogens with one attached hydrogen (secondary N) is 1. The molecule has 2 aromatic rings. The van der Waals surface area contributed by atoms with Crippen molar-refractivity contribution in [1.82, 2.24) is 14.9 Å². The molecule has 11 heteroatoms. The smallest absolute Gasteiger partial charge is 0.0853 e. The van der Waals surface area contributed by atoms with Crippen molar-refractivity contribution in [3.63, 3.8) is 0 Å². The van der Waals surface area contributed by atoms with Crippen LogP contribution in [0.1, 0.15) is 117 Å². The van der Waals surface area contributed by atoms with E-state index in [2.05, 4.69) is 30.4 Å². The van der Waals surface area contributed by atoms with Gasteiger partial charge in [0, 0.05) is 12.1 Å². The first-order chi connectivity index (χ1) is 23.0. The van der Waals surface area contributed by atoms with Gasteiger partial charge in [0.25, 0.3) is 0 Å². The number of carbonyl (C=O) groups is 1. The second kappa shape index (κ2) is 18.7. The van der Waals surface area contributed by atoms with Gasteiger partial charge >= 0.3 is 197 Å². The summed E-state index contributed by atoms with van der Waals surface area (Å²) in [5.74, 6) is 0.541. The van der Waals surface area contributed by atoms with Gasteiger partial charge in [-0.3, -0.25) is 0 Å². The zero-order valence-corrected chi connectivity index (χ0v) is 36.3. The molecule has 0 spiro atoms. The first-order valence-corrected chi connectivity index (χ1v) is 20.5. The van der Waals surface area contributed by atoms with E-state index in [0.29, 0.717) is 63.6 Å². The minimum Gasteiger partial charge on any atom is -0.0853 e. The number of para-hydroxylation sites is 2. The average Bonchev–Trinajstić information content (AvgIpc) is 3.25. The van der Waals surface area contributed by atoms with Crippen LogP contribution in [0.2, 0.25) is 0 Å². The third kappa shape index (κ3) is 10.6. The number of carbonyl (C=O) groups excluding carboxylic acids is 1. The number of halogens is 1. The van der Waals surface area contributed by atoms with Crippen LogP contribution in [0.15, 0.2) is 45.9 Å². The van der Waals surface area contributed by atoms with E-state index in [1.54, 1.807) is 28.6 Å². The van der Waals surface area contributed by atoms with Crippen molar-refractivity contribution in [2.24, 2.45) is 28.3 Å². The molecule has 1 aromatic carbocycles. The summed E-state index contributed by atoms with van der Waals surface area (Å²) >= 11 is 2.09. The van der Waals surface area contributed by atoms with Crippen LogP contribution in [0.3, 0.4) is 0 Å². The SMILES string of the molecule is CC(C[O][Tl])CO/N=C(/c1nc2ccccc2n(C2CC3CCC(C2)N3)c1=O)C(C)CC(C)(C)C(=O)OI.CC[C@H]1CC=C(C)CCC1. The molecular weight excluding hydrogens is 912 g/mol. The van der Waals surface area contributed by atoms with Crippen LogP contribution in [-0.2, 0) is 15.4 Å². The molecule has 0 amide bonds. The maximum atomic E-state index is 14.3. The van der Waals surface area contributed by atoms with Crippen LogP contribution in [0.4, 0.5) is 0 Å². The van der Waals surface area contributed by atoms with Crippen molar-refractivity contribution < 1.29 is 15.4 Å². The molecule has 3 heterocycles. The summed E-state index contributed by atoms with van der Waals surface area (Å²) < 4.78 is 12.3. The molecule has 2 fully saturated rings. The maximum absolute atomic E-state index is 14.3. The Hall–Kier alpha value is -1.39. The zero-order valence-electron chi connectivity index (χ0n) is 29.7. The van der Waals surface area contributed by atoms with Gasteiger partial charge in [-0.2, -0.15) is 0 Å². The van der Waals surface area contributed by atoms with Gasteiger partial charge in [0.1, 0.15) is 0 Å². The molecular formula is C37H54IN4O5Tl. The molecule has 2 bridgehead atoms. The van der Waals surface area contributed by atoms with E-state index in [1.807, 2.05) is 56.5 Å². The average molecular weight is 966 g/mol. The third-order valence-electron chi connectivity index (χ3n) is 10.2. The summed E-state index contributed by atoms with van der Waals surface area (Å²) in [6, 6.07) is 8.76. The fraction of sp³-hybridized carbons (Fsp3) is 0.676. The van der Waals surface area contributed by atoms with E-state index < -0.39 is 5.41 Å². The number of piperidine rings is 1. The Morgan fingerprint density at radius 2 is 1.88 bits per heavy atom. The van der Waals surface area contributed by atoms with Crippen LogP contribution in [0.25, 0.3) is 11.0 Å². The number of aromatic nitrogens is 2. The molecule has 2 aliphatic heterocycles. The first kappa shape index (κ1) is 39.4. The first-order valence-electron chi connectivity index (χ1n) is 17.7. The monoisotopic (exact) mass is 966 g/mol. The predicted molar refractivity (Wildman–Crippen MR) is 201 cm³/mol. The summed E-state index contributed by atoms with van der Waals surface area (Å²) in [5, 5.41) is 8.19. The van der Waals surface area contributed by atoms with Gasteiger partial charge in [-0.1, -0.05) is 31.1 Å². The second-order valence-electron chi connectivity index (χ2n) is 14.9. The van der Waals surface area contributed by atoms with Gasteiger partial charge in [-0.15, -0.1) is 0 Å². The van der Waals surface area contributed by atoms with Gasteiger partial charge < -0.3 is 5.32 Å². The third-order valence-corrected chi connectivity index (χ3v) is 11.4. The normalized spacial score (nSPS) is 24.1. The second-order valence-corrected chi connectivity index (χ2v) is 16.6. The summed E-state index contributed by atoms with van der Waals surface area (Å²) in [6.45, 7) is 13.2. The minimum absolute atomic E-state index is 0.0857. The topological polar surface area (TPSA) is 104 Å². The van der Waals surface area contributed by atoms with Crippen molar-refractivity contribution in [1.29, 1.82) is 0 Å². The van der Waals surface area contributed by atoms with Gasteiger partial charge in [-0.25, -0.2) is 0 Å². The molecule has 0 saturated carbocycles. The van der Waals surface area contributed by atoms with E-state index in [0.717, 1.165) is 42.6 Å². The molecule has 0 radical (unpaired) electrons. The van der Waals surface area contributed by atoms with Gasteiger partial charge in [-0.05, 0) is 51.4 Å². The van der Waals surface area contributed by atoms with E-state index in [4.69, 9.17) is 15.6 Å². The van der Waals surface area contributed by atoms with E-state index >= 15 is 0 Å². The molecule has 5 rings (SSSR count). The molecule has 262 valence electrons. The summed E-state index contributed by atoms with van der Waals surface area (Å²) in [5.41, 5.74) is 3.01. The van der Waals surface area contributed by atoms with Crippen LogP contribution in [0, 0.1) is 23.2 Å². The Labute approximate surface area is 317 Å². The minimum atomic E-state index is -0.777. The molecule has 9 nitrogen and oxygen atoms in total. The Morgan fingerprint density at radius 3 is 2.54 bits per heavy atom. The van der Waals surface area contributed by atoms with Gasteiger partial charge in [0.05, 0.1) is 0 Å². The number of hydrogen-bond acceptors (Lipinski definition) is 8. The molecule has 1 N–H and O–H groups in total. The quantitative estimate of drug-likeness (QED) is 0.0763. The fourth-order valence-electron chi connectivity index (χ4n) is 7.41. The Bertz CT molecular complexity index is 1480. The Balaban J connectivity index is 0.000000445. The number of benzene rings is 1. The summed E-state index contributed by atoms with van der Waals surface area (Å²) in [4.78, 5) is 37.4. The van der Waals surface area contributed by atoms with Gasteiger partial charge in [0.15, 0.2) is 23.0 Å². The number of fused-ring (bicyclic) bond motifs is 3. The van der Waals surface area contributed by atoms with Gasteiger partial charge in [0.2, 0.25) is 0 Å². The standard InChI is InChI=1S/C27H36IN4O5.C10H18.Tl/c1-16(14-33)15-36-31-23(17(2)13-27(3,4)26(35)37-28)24-25(34)32(22-8-6-5-7-21(22)30-24)20-11-18-9-10-19(12-20)29-18;1-3-10-6-4-5-9(2)7-8-10;/h5-8,16-20,29H,9-15H2,1-4H3;7,10H,3-6,8H2,1-2H3;/q-1;;+1/b31-23+;;/t;10-;/m.1./s1. The number of rotatable bonds is 12. The molecule has 5 atom stereocenters. The van der Waals surface area contributed by atoms with E-state index in [-0.39, 0.29) is 35.1 Å². The molecule has 4 unspecified atom stereocenters. The fourth-order valence-corrected chi connectivity index (χ4v) is 9.29. The van der Waals surface area contributed by atoms with Crippen molar-refractivity contribution >= 4 is 71.9 Å². The van der Waals surface area contributed by atoms with E-state index in [9.17, 15) is 9.59 Å². The van der Waals surface area contributed by atoms with Crippen LogP contribution >= 0.6 is 23.0 Å². The summed E-state index contributed by atoms with van der Waals surface area (Å²) in [7, 11) is 0. The number of oxime groups is 1. The molecule has 1 aliphatic carbocycles. The Kier molecular flexibility index (Phi) is 15.4. The summed E-state index contributed by atoms with van der Waals surface area (Å²) in [6.07, 6.45) is 13.9. The van der Waals surface area contributed by atoms with Crippen molar-refractivity contribution in [3.05, 3.63) is 52.0 Å². The molecule has 2 saturated heterocycles. The number of nitrogens with zero attached hydrogens (tertiary/aromatic N) is 3. The number of allylic oxidation sites excluding steroid dienone is 2. The van der Waals surface area contributed by atoms with Crippen molar-refractivity contribution in [2.45, 2.75) is 124 Å². The zero-order chi connectivity index (χ0) is 34.8. The van der Waals surface area contributed by atoms with Crippen molar-refractivity contribution in [2.75, 3.05) is 13.2 Å². The predicted octanol–water partition coefficient (Wildman–Crippen LogP) is 7.79. The van der Waals surface area contributed by atoms with Crippen LogP contribution < -0.4 is 10.9 Å². The van der Waals surface area contributed by atoms with E-state index in [1.165, 1.54) is 32.1 Å². The molecule has 1 aromatic heterocycles. The van der Waals surface area contributed by atoms with Crippen LogP contribution in [0.5, 0.6) is 0 Å². The number of hydrogen-bond donors (Lipinski definition) is 1. The van der Waals surface area contributed by atoms with Crippen LogP contribution in [-0.4, -0.2) is 72.7 Å². The van der Waals surface area contributed by atoms with Crippen molar-refractivity contribution in [3.8, 4) is 0 Å². The molecule has 3 aliphatic rings. The Morgan fingerprint density at radius 1 is 1.17 bits per heavy atom.